The molecule has 0 fully saturated rings. The molecule has 2 rings (SSSR count). The van der Waals surface area contributed by atoms with Gasteiger partial charge in [0.05, 0.1) is 18.9 Å². The summed E-state index contributed by atoms with van der Waals surface area (Å²) in [5, 5.41) is 2.88. The van der Waals surface area contributed by atoms with E-state index in [4.69, 9.17) is 9.05 Å². The Balaban J connectivity index is 2.46. The Morgan fingerprint density at radius 3 is 2.12 bits per heavy atom. The highest BCUT2D eigenvalue weighted by Crippen LogP contribution is 2.60. The molecule has 0 saturated carbocycles. The molecule has 2 aromatic rings. The number of hydrogen-bond donors (Lipinski definition) is 1. The zero-order valence-corrected chi connectivity index (χ0v) is 14.4. The van der Waals surface area contributed by atoms with Gasteiger partial charge in [0.1, 0.15) is 11.6 Å². The van der Waals surface area contributed by atoms with Crippen molar-refractivity contribution in [3.8, 4) is 0 Å². The molecule has 1 atom stereocenters. The van der Waals surface area contributed by atoms with Crippen molar-refractivity contribution in [2.24, 2.45) is 0 Å². The van der Waals surface area contributed by atoms with E-state index in [1.165, 1.54) is 36.4 Å². The van der Waals surface area contributed by atoms with Gasteiger partial charge in [0.2, 0.25) is 0 Å². The molecular formula is C17H20F2NO3P. The van der Waals surface area contributed by atoms with E-state index in [0.29, 0.717) is 5.56 Å². The van der Waals surface area contributed by atoms with E-state index in [1.807, 2.05) is 0 Å². The van der Waals surface area contributed by atoms with Crippen LogP contribution in [0.1, 0.15) is 25.2 Å². The zero-order valence-electron chi connectivity index (χ0n) is 13.5. The maximum atomic E-state index is 14.0. The van der Waals surface area contributed by atoms with E-state index < -0.39 is 25.0 Å². The number of nitrogens with one attached hydrogen (secondary N) is 1. The molecule has 0 aliphatic heterocycles. The standard InChI is InChI=1S/C17H20F2NO3P/c1-3-22-24(21,23-4-2)17(13-9-11-14(18)12-10-13)20-16-8-6-5-7-15(16)19/h5-12,17,20H,3-4H2,1-2H3. The van der Waals surface area contributed by atoms with Crippen LogP contribution in [0.3, 0.4) is 0 Å². The first-order valence-electron chi connectivity index (χ1n) is 7.65. The summed E-state index contributed by atoms with van der Waals surface area (Å²) in [6.07, 6.45) is 0. The molecule has 0 radical (unpaired) electrons. The van der Waals surface area contributed by atoms with Crippen LogP contribution in [0.15, 0.2) is 48.5 Å². The SMILES string of the molecule is CCOP(=O)(OCC)C(Nc1ccccc1F)c1ccc(F)cc1. The Hall–Kier alpha value is -1.75. The van der Waals surface area contributed by atoms with Gasteiger partial charge in [-0.15, -0.1) is 0 Å². The molecule has 4 nitrogen and oxygen atoms in total. The second-order valence-corrected chi connectivity index (χ2v) is 7.07. The lowest BCUT2D eigenvalue weighted by Gasteiger charge is -2.28. The largest absolute Gasteiger partial charge is 0.366 e. The molecule has 7 heteroatoms. The first-order valence-corrected chi connectivity index (χ1v) is 9.26. The lowest BCUT2D eigenvalue weighted by molar-refractivity contribution is 0.214. The predicted octanol–water partition coefficient (Wildman–Crippen LogP) is 5.34. The van der Waals surface area contributed by atoms with Crippen LogP contribution in [0.25, 0.3) is 0 Å². The number of para-hydroxylation sites is 1. The van der Waals surface area contributed by atoms with E-state index >= 15 is 0 Å². The summed E-state index contributed by atoms with van der Waals surface area (Å²) < 4.78 is 51.2. The van der Waals surface area contributed by atoms with Crippen molar-refractivity contribution in [2.45, 2.75) is 19.6 Å². The normalized spacial score (nSPS) is 12.8. The minimum Gasteiger partial charge on any atom is -0.366 e. The Morgan fingerprint density at radius 2 is 1.58 bits per heavy atom. The Labute approximate surface area is 140 Å². The highest BCUT2D eigenvalue weighted by Gasteiger charge is 2.37. The van der Waals surface area contributed by atoms with E-state index in [9.17, 15) is 13.3 Å². The second-order valence-electron chi connectivity index (χ2n) is 4.95. The van der Waals surface area contributed by atoms with Gasteiger partial charge >= 0.3 is 7.60 Å². The molecule has 0 aromatic heterocycles. The van der Waals surface area contributed by atoms with E-state index in [1.54, 1.807) is 26.0 Å². The molecular weight excluding hydrogens is 335 g/mol. The van der Waals surface area contributed by atoms with E-state index in [-0.39, 0.29) is 18.9 Å². The molecule has 1 N–H and O–H groups in total. The number of rotatable bonds is 8. The van der Waals surface area contributed by atoms with Crippen LogP contribution in [-0.4, -0.2) is 13.2 Å². The molecule has 130 valence electrons. The molecule has 1 unspecified atom stereocenters. The Morgan fingerprint density at radius 1 is 1.00 bits per heavy atom. The van der Waals surface area contributed by atoms with Gasteiger partial charge < -0.3 is 14.4 Å². The van der Waals surface area contributed by atoms with Crippen LogP contribution in [0.5, 0.6) is 0 Å². The molecule has 0 bridgehead atoms. The highest BCUT2D eigenvalue weighted by molar-refractivity contribution is 7.54. The van der Waals surface area contributed by atoms with E-state index in [0.717, 1.165) is 0 Å². The lowest BCUT2D eigenvalue weighted by Crippen LogP contribution is -2.16. The Bertz CT molecular complexity index is 699. The summed E-state index contributed by atoms with van der Waals surface area (Å²) in [7, 11) is -3.65. The van der Waals surface area contributed by atoms with Crippen LogP contribution in [0.4, 0.5) is 14.5 Å². The van der Waals surface area contributed by atoms with Gasteiger partial charge in [-0.2, -0.15) is 0 Å². The first-order chi connectivity index (χ1) is 11.5. The number of halogens is 2. The van der Waals surface area contributed by atoms with Gasteiger partial charge in [0, 0.05) is 0 Å². The number of benzene rings is 2. The van der Waals surface area contributed by atoms with Crippen LogP contribution in [0, 0.1) is 11.6 Å². The van der Waals surface area contributed by atoms with Gasteiger partial charge in [-0.3, -0.25) is 4.57 Å². The highest BCUT2D eigenvalue weighted by atomic mass is 31.2. The van der Waals surface area contributed by atoms with Gasteiger partial charge in [0.15, 0.2) is 5.78 Å². The lowest BCUT2D eigenvalue weighted by atomic mass is 10.2. The summed E-state index contributed by atoms with van der Waals surface area (Å²) in [6, 6.07) is 11.4. The topological polar surface area (TPSA) is 47.6 Å². The van der Waals surface area contributed by atoms with Crippen molar-refractivity contribution < 1.29 is 22.4 Å². The fraction of sp³-hybridized carbons (Fsp3) is 0.294. The summed E-state index contributed by atoms with van der Waals surface area (Å²) in [5.74, 6) is -1.88. The zero-order chi connectivity index (χ0) is 17.6. The van der Waals surface area contributed by atoms with Gasteiger partial charge in [-0.05, 0) is 43.7 Å². The van der Waals surface area contributed by atoms with Crippen molar-refractivity contribution in [2.75, 3.05) is 18.5 Å². The number of anilines is 1. The van der Waals surface area contributed by atoms with Gasteiger partial charge in [0.25, 0.3) is 0 Å². The molecule has 0 spiro atoms. The smallest absolute Gasteiger partial charge is 0.357 e. The third kappa shape index (κ3) is 4.41. The summed E-state index contributed by atoms with van der Waals surface area (Å²) in [5.41, 5.74) is 0.636. The fourth-order valence-corrected chi connectivity index (χ4v) is 4.19. The van der Waals surface area contributed by atoms with Gasteiger partial charge in [-0.25, -0.2) is 8.78 Å². The molecule has 0 aliphatic carbocycles. The molecule has 0 saturated heterocycles. The van der Waals surface area contributed by atoms with E-state index in [2.05, 4.69) is 5.32 Å². The van der Waals surface area contributed by atoms with Crippen LogP contribution >= 0.6 is 7.60 Å². The predicted molar refractivity (Wildman–Crippen MR) is 90.0 cm³/mol. The minimum absolute atomic E-state index is 0.159. The van der Waals surface area contributed by atoms with Crippen molar-refractivity contribution >= 4 is 13.3 Å². The number of hydrogen-bond acceptors (Lipinski definition) is 4. The Kier molecular flexibility index (Phi) is 6.49. The maximum absolute atomic E-state index is 14.0. The van der Waals surface area contributed by atoms with Crippen LogP contribution in [0.2, 0.25) is 0 Å². The third-order valence-corrected chi connectivity index (χ3v) is 5.58. The molecule has 0 aliphatic rings. The first kappa shape index (κ1) is 18.6. The monoisotopic (exact) mass is 355 g/mol. The van der Waals surface area contributed by atoms with Crippen LogP contribution in [-0.2, 0) is 13.6 Å². The van der Waals surface area contributed by atoms with Crippen molar-refractivity contribution in [3.05, 3.63) is 65.7 Å². The van der Waals surface area contributed by atoms with Crippen LogP contribution < -0.4 is 5.32 Å². The summed E-state index contributed by atoms with van der Waals surface area (Å²) in [6.45, 7) is 3.70. The second kappa shape index (κ2) is 8.38. The molecule has 24 heavy (non-hydrogen) atoms. The average molecular weight is 355 g/mol. The molecule has 2 aromatic carbocycles. The third-order valence-electron chi connectivity index (χ3n) is 3.29. The summed E-state index contributed by atoms with van der Waals surface area (Å²) in [4.78, 5) is 0. The quantitative estimate of drug-likeness (QED) is 0.649. The average Bonchev–Trinajstić information content (AvgIpc) is 2.55. The van der Waals surface area contributed by atoms with Crippen molar-refractivity contribution in [3.63, 3.8) is 0 Å². The van der Waals surface area contributed by atoms with Crippen molar-refractivity contribution in [1.29, 1.82) is 0 Å². The molecule has 0 amide bonds. The minimum atomic E-state index is -3.65. The van der Waals surface area contributed by atoms with Crippen molar-refractivity contribution in [1.82, 2.24) is 0 Å². The summed E-state index contributed by atoms with van der Waals surface area (Å²) >= 11 is 0. The maximum Gasteiger partial charge on any atom is 0.357 e. The molecule has 0 heterocycles. The van der Waals surface area contributed by atoms with Gasteiger partial charge in [-0.1, -0.05) is 24.3 Å². The fourth-order valence-electron chi connectivity index (χ4n) is 2.26.